The highest BCUT2D eigenvalue weighted by molar-refractivity contribution is 5.97. The highest BCUT2D eigenvalue weighted by atomic mass is 19.1. The fraction of sp³-hybridized carbons (Fsp3) is 0.462. The number of nitrogens with two attached hydrogens (primary N) is 1. The van der Waals surface area contributed by atoms with Gasteiger partial charge < -0.3 is 11.1 Å². The van der Waals surface area contributed by atoms with E-state index in [9.17, 15) is 9.18 Å². The van der Waals surface area contributed by atoms with Crippen LogP contribution in [0.2, 0.25) is 0 Å². The molecule has 1 aromatic rings. The predicted molar refractivity (Wildman–Crippen MR) is 66.0 cm³/mol. The van der Waals surface area contributed by atoms with E-state index in [0.717, 1.165) is 25.7 Å². The smallest absolute Gasteiger partial charge is 0.230 e. The summed E-state index contributed by atoms with van der Waals surface area (Å²) in [7, 11) is 0. The second-order valence-corrected chi connectivity index (χ2v) is 4.93. The molecule has 1 aliphatic carbocycles. The van der Waals surface area contributed by atoms with E-state index >= 15 is 0 Å². The maximum Gasteiger partial charge on any atom is 0.230 e. The zero-order valence-corrected chi connectivity index (χ0v) is 9.92. The van der Waals surface area contributed by atoms with Gasteiger partial charge in [0, 0.05) is 5.41 Å². The summed E-state index contributed by atoms with van der Waals surface area (Å²) in [4.78, 5) is 12.1. The van der Waals surface area contributed by atoms with Crippen molar-refractivity contribution in [3.8, 4) is 0 Å². The van der Waals surface area contributed by atoms with Gasteiger partial charge >= 0.3 is 0 Å². The quantitative estimate of drug-likeness (QED) is 0.776. The van der Waals surface area contributed by atoms with Gasteiger partial charge in [-0.05, 0) is 25.0 Å². The molecule has 1 amide bonds. The maximum absolute atomic E-state index is 13.5. The Labute approximate surface area is 100 Å². The van der Waals surface area contributed by atoms with Crippen LogP contribution in [0, 0.1) is 11.2 Å². The van der Waals surface area contributed by atoms with Crippen molar-refractivity contribution in [2.24, 2.45) is 5.41 Å². The van der Waals surface area contributed by atoms with E-state index in [0.29, 0.717) is 0 Å². The zero-order chi connectivity index (χ0) is 12.5. The molecular weight excluding hydrogens is 219 g/mol. The molecule has 0 saturated heterocycles. The molecule has 1 aliphatic rings. The first-order valence-electron chi connectivity index (χ1n) is 5.88. The number of halogens is 1. The normalized spacial score (nSPS) is 18.0. The minimum atomic E-state index is -0.486. The molecule has 3 N–H and O–H groups in total. The minimum absolute atomic E-state index is 0.102. The van der Waals surface area contributed by atoms with Crippen molar-refractivity contribution in [1.29, 1.82) is 0 Å². The van der Waals surface area contributed by atoms with E-state index in [1.54, 1.807) is 6.07 Å². The van der Waals surface area contributed by atoms with Crippen LogP contribution in [0.25, 0.3) is 0 Å². The Morgan fingerprint density at radius 1 is 1.41 bits per heavy atom. The number of nitrogen functional groups attached to an aromatic ring is 1. The number of carbonyl (C=O) groups is 1. The number of nitrogens with one attached hydrogen (secondary N) is 1. The lowest BCUT2D eigenvalue weighted by atomic mass is 9.88. The average molecular weight is 236 g/mol. The molecule has 0 spiro atoms. The molecular formula is C13H17FN2O. The van der Waals surface area contributed by atoms with Gasteiger partial charge in [-0.2, -0.15) is 0 Å². The van der Waals surface area contributed by atoms with Crippen molar-refractivity contribution in [3.63, 3.8) is 0 Å². The van der Waals surface area contributed by atoms with E-state index in [-0.39, 0.29) is 22.7 Å². The van der Waals surface area contributed by atoms with Gasteiger partial charge in [-0.1, -0.05) is 25.8 Å². The van der Waals surface area contributed by atoms with E-state index in [1.165, 1.54) is 12.1 Å². The van der Waals surface area contributed by atoms with E-state index in [2.05, 4.69) is 5.32 Å². The molecule has 0 atom stereocenters. The molecule has 0 heterocycles. The van der Waals surface area contributed by atoms with Gasteiger partial charge in [-0.15, -0.1) is 0 Å². The third-order valence-corrected chi connectivity index (χ3v) is 3.54. The molecule has 1 saturated carbocycles. The van der Waals surface area contributed by atoms with Crippen LogP contribution in [-0.2, 0) is 4.79 Å². The standard InChI is InChI=1S/C13H17FN2O/c1-13(7-2-3-8-13)12(17)16-11-9(14)5-4-6-10(11)15/h4-6H,2-3,7-8,15H2,1H3,(H,16,17). The summed E-state index contributed by atoms with van der Waals surface area (Å²) in [5.74, 6) is -0.619. The SMILES string of the molecule is CC1(C(=O)Nc2c(N)cccc2F)CCCC1. The molecule has 0 aliphatic heterocycles. The maximum atomic E-state index is 13.5. The third kappa shape index (κ3) is 2.25. The summed E-state index contributed by atoms with van der Waals surface area (Å²) < 4.78 is 13.5. The fourth-order valence-electron chi connectivity index (χ4n) is 2.32. The van der Waals surface area contributed by atoms with Crippen LogP contribution in [0.4, 0.5) is 15.8 Å². The highest BCUT2D eigenvalue weighted by Crippen LogP contribution is 2.39. The number of hydrogen-bond donors (Lipinski definition) is 2. The second-order valence-electron chi connectivity index (χ2n) is 4.93. The van der Waals surface area contributed by atoms with Crippen molar-refractivity contribution in [2.45, 2.75) is 32.6 Å². The predicted octanol–water partition coefficient (Wildman–Crippen LogP) is 2.93. The second kappa shape index (κ2) is 4.35. The number of amides is 1. The number of para-hydroxylation sites is 1. The number of rotatable bonds is 2. The van der Waals surface area contributed by atoms with Gasteiger partial charge in [0.15, 0.2) is 0 Å². The largest absolute Gasteiger partial charge is 0.397 e. The summed E-state index contributed by atoms with van der Waals surface area (Å²) >= 11 is 0. The summed E-state index contributed by atoms with van der Waals surface area (Å²) in [5, 5.41) is 2.62. The Kier molecular flexibility index (Phi) is 3.05. The number of benzene rings is 1. The lowest BCUT2D eigenvalue weighted by Gasteiger charge is -2.22. The van der Waals surface area contributed by atoms with Gasteiger partial charge in [-0.3, -0.25) is 4.79 Å². The summed E-state index contributed by atoms with van der Waals surface area (Å²) in [6, 6.07) is 4.40. The Hall–Kier alpha value is -1.58. The van der Waals surface area contributed by atoms with Crippen LogP contribution in [0.1, 0.15) is 32.6 Å². The van der Waals surface area contributed by atoms with Crippen molar-refractivity contribution < 1.29 is 9.18 Å². The van der Waals surface area contributed by atoms with Crippen LogP contribution < -0.4 is 11.1 Å². The lowest BCUT2D eigenvalue weighted by Crippen LogP contribution is -2.31. The van der Waals surface area contributed by atoms with Crippen LogP contribution in [0.3, 0.4) is 0 Å². The Morgan fingerprint density at radius 2 is 2.06 bits per heavy atom. The van der Waals surface area contributed by atoms with Gasteiger partial charge in [0.05, 0.1) is 5.69 Å². The zero-order valence-electron chi connectivity index (χ0n) is 9.92. The molecule has 0 aromatic heterocycles. The van der Waals surface area contributed by atoms with Gasteiger partial charge in [-0.25, -0.2) is 4.39 Å². The number of hydrogen-bond acceptors (Lipinski definition) is 2. The number of anilines is 2. The van der Waals surface area contributed by atoms with Crippen molar-refractivity contribution in [1.82, 2.24) is 0 Å². The van der Waals surface area contributed by atoms with E-state index in [4.69, 9.17) is 5.73 Å². The molecule has 4 heteroatoms. The van der Waals surface area contributed by atoms with Crippen molar-refractivity contribution >= 4 is 17.3 Å². The van der Waals surface area contributed by atoms with Crippen LogP contribution >= 0.6 is 0 Å². The average Bonchev–Trinajstić information content (AvgIpc) is 2.72. The summed E-state index contributed by atoms with van der Waals surface area (Å²) in [6.07, 6.45) is 3.81. The fourth-order valence-corrected chi connectivity index (χ4v) is 2.32. The van der Waals surface area contributed by atoms with Gasteiger partial charge in [0.25, 0.3) is 0 Å². The highest BCUT2D eigenvalue weighted by Gasteiger charge is 2.36. The minimum Gasteiger partial charge on any atom is -0.397 e. The molecule has 0 unspecified atom stereocenters. The molecule has 0 bridgehead atoms. The molecule has 17 heavy (non-hydrogen) atoms. The third-order valence-electron chi connectivity index (χ3n) is 3.54. The van der Waals surface area contributed by atoms with Gasteiger partial charge in [0.1, 0.15) is 11.5 Å². The van der Waals surface area contributed by atoms with E-state index < -0.39 is 5.82 Å². The van der Waals surface area contributed by atoms with Crippen LogP contribution in [0.15, 0.2) is 18.2 Å². The molecule has 3 nitrogen and oxygen atoms in total. The first-order chi connectivity index (χ1) is 8.03. The molecule has 92 valence electrons. The Balaban J connectivity index is 2.18. The molecule has 0 radical (unpaired) electrons. The topological polar surface area (TPSA) is 55.1 Å². The first-order valence-corrected chi connectivity index (χ1v) is 5.88. The Morgan fingerprint density at radius 3 is 2.65 bits per heavy atom. The summed E-state index contributed by atoms with van der Waals surface area (Å²) in [6.45, 7) is 1.92. The van der Waals surface area contributed by atoms with Crippen molar-refractivity contribution in [2.75, 3.05) is 11.1 Å². The van der Waals surface area contributed by atoms with Crippen LogP contribution in [-0.4, -0.2) is 5.91 Å². The molecule has 1 aromatic carbocycles. The van der Waals surface area contributed by atoms with Gasteiger partial charge in [0.2, 0.25) is 5.91 Å². The summed E-state index contributed by atoms with van der Waals surface area (Å²) in [5.41, 5.74) is 5.64. The van der Waals surface area contributed by atoms with E-state index in [1.807, 2.05) is 6.92 Å². The number of carbonyl (C=O) groups excluding carboxylic acids is 1. The molecule has 1 fully saturated rings. The molecule has 2 rings (SSSR count). The first kappa shape index (κ1) is 11.9. The van der Waals surface area contributed by atoms with Crippen molar-refractivity contribution in [3.05, 3.63) is 24.0 Å². The van der Waals surface area contributed by atoms with Crippen LogP contribution in [0.5, 0.6) is 0 Å². The lowest BCUT2D eigenvalue weighted by molar-refractivity contribution is -0.124. The Bertz CT molecular complexity index is 419. The monoisotopic (exact) mass is 236 g/mol.